The summed E-state index contributed by atoms with van der Waals surface area (Å²) in [7, 11) is 0. The average Bonchev–Trinajstić information content (AvgIpc) is 3.00. The van der Waals surface area contributed by atoms with E-state index in [-0.39, 0.29) is 16.5 Å². The molecule has 3 unspecified atom stereocenters. The van der Waals surface area contributed by atoms with Crippen molar-refractivity contribution in [1.82, 2.24) is 10.3 Å². The van der Waals surface area contributed by atoms with Crippen LogP contribution >= 0.6 is 11.3 Å². The van der Waals surface area contributed by atoms with Gasteiger partial charge in [-0.1, -0.05) is 13.8 Å². The molecule has 1 aliphatic heterocycles. The van der Waals surface area contributed by atoms with Crippen molar-refractivity contribution < 1.29 is 4.74 Å². The second kappa shape index (κ2) is 5.01. The number of nitrogens with two attached hydrogens (primary N) is 1. The number of ether oxygens (including phenoxy) is 1. The van der Waals surface area contributed by atoms with Crippen LogP contribution in [0.2, 0.25) is 0 Å². The number of aromatic nitrogens is 1. The van der Waals surface area contributed by atoms with E-state index < -0.39 is 0 Å². The number of hydrogen-bond donors (Lipinski definition) is 2. The minimum Gasteiger partial charge on any atom is -0.377 e. The molecule has 4 nitrogen and oxygen atoms in total. The first-order chi connectivity index (χ1) is 9.79. The van der Waals surface area contributed by atoms with Crippen LogP contribution in [0.1, 0.15) is 45.5 Å². The maximum absolute atomic E-state index is 6.84. The maximum atomic E-state index is 6.84. The fraction of sp³-hybridized carbons (Fsp3) is 0.812. The summed E-state index contributed by atoms with van der Waals surface area (Å²) in [6.07, 6.45) is 4.50. The molecule has 118 valence electrons. The highest BCUT2D eigenvalue weighted by Gasteiger charge is 2.66. The van der Waals surface area contributed by atoms with E-state index >= 15 is 0 Å². The van der Waals surface area contributed by atoms with Crippen LogP contribution in [0, 0.1) is 11.3 Å². The van der Waals surface area contributed by atoms with Gasteiger partial charge in [-0.3, -0.25) is 0 Å². The highest BCUT2D eigenvalue weighted by atomic mass is 32.1. The first-order valence-corrected chi connectivity index (χ1v) is 8.72. The third kappa shape index (κ3) is 2.25. The second-order valence-electron chi connectivity index (χ2n) is 7.62. The van der Waals surface area contributed by atoms with E-state index in [1.165, 1.54) is 6.42 Å². The molecule has 3 atom stereocenters. The highest BCUT2D eigenvalue weighted by Crippen LogP contribution is 2.57. The van der Waals surface area contributed by atoms with Crippen LogP contribution < -0.4 is 11.1 Å². The summed E-state index contributed by atoms with van der Waals surface area (Å²) in [5, 5.41) is 6.79. The van der Waals surface area contributed by atoms with Gasteiger partial charge in [-0.05, 0) is 26.7 Å². The normalized spacial score (nSPS) is 35.1. The molecule has 1 aromatic rings. The number of nitrogens with one attached hydrogen (secondary N) is 1. The van der Waals surface area contributed by atoms with E-state index in [2.05, 4.69) is 38.0 Å². The van der Waals surface area contributed by atoms with Crippen LogP contribution in [0.3, 0.4) is 0 Å². The van der Waals surface area contributed by atoms with Crippen LogP contribution in [0.5, 0.6) is 0 Å². The summed E-state index contributed by atoms with van der Waals surface area (Å²) < 4.78 is 5.97. The van der Waals surface area contributed by atoms with Gasteiger partial charge in [0, 0.05) is 41.6 Å². The molecule has 2 aliphatic rings. The molecule has 3 rings (SSSR count). The Morgan fingerprint density at radius 2 is 2.29 bits per heavy atom. The number of thiazole rings is 1. The quantitative estimate of drug-likeness (QED) is 0.897. The lowest BCUT2D eigenvalue weighted by Crippen LogP contribution is -2.80. The van der Waals surface area contributed by atoms with E-state index in [0.717, 1.165) is 24.6 Å². The topological polar surface area (TPSA) is 60.2 Å². The molecule has 0 amide bonds. The predicted octanol–water partition coefficient (Wildman–Crippen LogP) is 2.50. The Kier molecular flexibility index (Phi) is 3.68. The van der Waals surface area contributed by atoms with Crippen LogP contribution in [-0.4, -0.2) is 29.8 Å². The van der Waals surface area contributed by atoms with Crippen LogP contribution in [0.4, 0.5) is 0 Å². The Morgan fingerprint density at radius 1 is 1.52 bits per heavy atom. The molecule has 0 bridgehead atoms. The molecule has 1 saturated carbocycles. The predicted molar refractivity (Wildman–Crippen MR) is 86.3 cm³/mol. The Balaban J connectivity index is 1.72. The Bertz CT molecular complexity index is 500. The lowest BCUT2D eigenvalue weighted by molar-refractivity contribution is -0.226. The molecule has 5 heteroatoms. The zero-order valence-corrected chi connectivity index (χ0v) is 14.3. The molecule has 0 radical (unpaired) electrons. The highest BCUT2D eigenvalue weighted by molar-refractivity contribution is 7.09. The van der Waals surface area contributed by atoms with Gasteiger partial charge in [-0.15, -0.1) is 11.3 Å². The lowest BCUT2D eigenvalue weighted by atomic mass is 9.46. The van der Waals surface area contributed by atoms with Gasteiger partial charge in [0.15, 0.2) is 0 Å². The summed E-state index contributed by atoms with van der Waals surface area (Å²) in [5.41, 5.74) is 6.51. The molecule has 21 heavy (non-hydrogen) atoms. The first kappa shape index (κ1) is 15.4. The van der Waals surface area contributed by atoms with Crippen molar-refractivity contribution in [3.8, 4) is 0 Å². The molecule has 0 aromatic carbocycles. The van der Waals surface area contributed by atoms with Gasteiger partial charge >= 0.3 is 0 Å². The van der Waals surface area contributed by atoms with E-state index in [1.807, 2.05) is 11.6 Å². The van der Waals surface area contributed by atoms with Gasteiger partial charge in [0.2, 0.25) is 0 Å². The van der Waals surface area contributed by atoms with E-state index in [9.17, 15) is 0 Å². The zero-order chi connectivity index (χ0) is 15.3. The van der Waals surface area contributed by atoms with E-state index in [1.54, 1.807) is 11.3 Å². The van der Waals surface area contributed by atoms with Crippen molar-refractivity contribution in [3.63, 3.8) is 0 Å². The monoisotopic (exact) mass is 309 g/mol. The lowest BCUT2D eigenvalue weighted by Gasteiger charge is -2.67. The molecule has 2 fully saturated rings. The van der Waals surface area contributed by atoms with Crippen LogP contribution in [0.25, 0.3) is 0 Å². The van der Waals surface area contributed by atoms with Gasteiger partial charge in [0.05, 0.1) is 11.6 Å². The zero-order valence-electron chi connectivity index (χ0n) is 13.5. The Labute approximate surface area is 131 Å². The minimum atomic E-state index is -0.202. The molecule has 3 N–H and O–H groups in total. The first-order valence-electron chi connectivity index (χ1n) is 7.84. The molecular formula is C16H27N3OS. The number of fused-ring (bicyclic) bond motifs is 1. The standard InChI is InChI=1S/C16H27N3OS/c1-14(2)12-11(6-5-8-20-12)16(14,17)10-19-15(3,4)13-18-7-9-21-13/h7,9,11-12,19H,5-6,8,10,17H2,1-4H3. The van der Waals surface area contributed by atoms with Crippen molar-refractivity contribution in [2.45, 2.75) is 57.7 Å². The summed E-state index contributed by atoms with van der Waals surface area (Å²) in [4.78, 5) is 4.44. The summed E-state index contributed by atoms with van der Waals surface area (Å²) >= 11 is 1.69. The SMILES string of the molecule is CC(C)(NCC1(N)C2CCCOC2C1(C)C)c1nccs1. The fourth-order valence-electron chi connectivity index (χ4n) is 4.00. The Hall–Kier alpha value is -0.490. The summed E-state index contributed by atoms with van der Waals surface area (Å²) in [6, 6.07) is 0. The fourth-order valence-corrected chi connectivity index (χ4v) is 4.74. The second-order valence-corrected chi connectivity index (χ2v) is 8.51. The number of rotatable bonds is 4. The van der Waals surface area contributed by atoms with Crippen LogP contribution in [0.15, 0.2) is 11.6 Å². The molecule has 0 spiro atoms. The van der Waals surface area contributed by atoms with Gasteiger partial charge in [0.1, 0.15) is 5.01 Å². The third-order valence-corrected chi connectivity index (χ3v) is 6.78. The molecule has 1 saturated heterocycles. The number of hydrogen-bond acceptors (Lipinski definition) is 5. The van der Waals surface area contributed by atoms with E-state index in [4.69, 9.17) is 10.5 Å². The van der Waals surface area contributed by atoms with Gasteiger partial charge in [-0.25, -0.2) is 4.98 Å². The summed E-state index contributed by atoms with van der Waals surface area (Å²) in [6.45, 7) is 10.5. The van der Waals surface area contributed by atoms with Crippen molar-refractivity contribution in [3.05, 3.63) is 16.6 Å². The molecule has 1 aromatic heterocycles. The largest absolute Gasteiger partial charge is 0.377 e. The minimum absolute atomic E-state index is 0.0179. The number of nitrogens with zero attached hydrogens (tertiary/aromatic N) is 1. The average molecular weight is 309 g/mol. The molecular weight excluding hydrogens is 282 g/mol. The van der Waals surface area contributed by atoms with Gasteiger partial charge in [-0.2, -0.15) is 0 Å². The Morgan fingerprint density at radius 3 is 2.95 bits per heavy atom. The van der Waals surface area contributed by atoms with Crippen molar-refractivity contribution in [1.29, 1.82) is 0 Å². The van der Waals surface area contributed by atoms with Crippen LogP contribution in [-0.2, 0) is 10.3 Å². The van der Waals surface area contributed by atoms with Crippen molar-refractivity contribution in [2.24, 2.45) is 17.1 Å². The van der Waals surface area contributed by atoms with Gasteiger partial charge < -0.3 is 15.8 Å². The van der Waals surface area contributed by atoms with E-state index in [0.29, 0.717) is 12.0 Å². The molecule has 1 aliphatic carbocycles. The van der Waals surface area contributed by atoms with Gasteiger partial charge in [0.25, 0.3) is 0 Å². The van der Waals surface area contributed by atoms with Crippen molar-refractivity contribution in [2.75, 3.05) is 13.2 Å². The summed E-state index contributed by atoms with van der Waals surface area (Å²) in [5.74, 6) is 0.473. The smallest absolute Gasteiger partial charge is 0.112 e. The maximum Gasteiger partial charge on any atom is 0.112 e. The van der Waals surface area contributed by atoms with Crippen molar-refractivity contribution >= 4 is 11.3 Å². The molecule has 2 heterocycles. The third-order valence-electron chi connectivity index (χ3n) is 5.68.